The first-order valence-corrected chi connectivity index (χ1v) is 11.7. The Kier molecular flexibility index (Phi) is 11.3. The molecule has 2 N–H and O–H groups in total. The lowest BCUT2D eigenvalue weighted by Crippen LogP contribution is -2.50. The van der Waals surface area contributed by atoms with Crippen LogP contribution in [0.5, 0.6) is 5.75 Å². The predicted octanol–water partition coefficient (Wildman–Crippen LogP) is 2.75. The maximum Gasteiger partial charge on any atom is 0.213 e. The average Bonchev–Trinajstić information content (AvgIpc) is 2.68. The second-order valence-corrected chi connectivity index (χ2v) is 9.39. The molecule has 29 heavy (non-hydrogen) atoms. The fourth-order valence-corrected chi connectivity index (χ4v) is 4.27. The van der Waals surface area contributed by atoms with Gasteiger partial charge in [-0.3, -0.25) is 0 Å². The summed E-state index contributed by atoms with van der Waals surface area (Å²) < 4.78 is 31.6. The van der Waals surface area contributed by atoms with Crippen LogP contribution in [-0.4, -0.2) is 62.8 Å². The summed E-state index contributed by atoms with van der Waals surface area (Å²) in [6, 6.07) is 8.18. The summed E-state index contributed by atoms with van der Waals surface area (Å²) in [6.07, 6.45) is 1.51. The van der Waals surface area contributed by atoms with Crippen LogP contribution in [0.2, 0.25) is 0 Å². The van der Waals surface area contributed by atoms with Crippen LogP contribution < -0.4 is 15.4 Å². The molecule has 1 fully saturated rings. The number of aliphatic imine (C=N–C) groups is 1. The van der Waals surface area contributed by atoms with Crippen molar-refractivity contribution in [2.45, 2.75) is 52.7 Å². The third-order valence-electron chi connectivity index (χ3n) is 4.83. The van der Waals surface area contributed by atoms with Crippen molar-refractivity contribution >= 4 is 40.0 Å². The number of hydrogen-bond acceptors (Lipinski definition) is 4. The van der Waals surface area contributed by atoms with Crippen molar-refractivity contribution in [3.05, 3.63) is 29.8 Å². The summed E-state index contributed by atoms with van der Waals surface area (Å²) in [5.74, 6) is 1.79. The van der Waals surface area contributed by atoms with E-state index in [1.54, 1.807) is 11.2 Å². The largest absolute Gasteiger partial charge is 0.489 e. The monoisotopic (exact) mass is 538 g/mol. The Morgan fingerprint density at radius 1 is 1.28 bits per heavy atom. The maximum absolute atomic E-state index is 12.0. The fraction of sp³-hybridized carbons (Fsp3) is 0.650. The molecule has 0 aromatic heterocycles. The van der Waals surface area contributed by atoms with E-state index in [4.69, 9.17) is 4.74 Å². The average molecular weight is 538 g/mol. The van der Waals surface area contributed by atoms with Crippen LogP contribution in [0.4, 0.5) is 0 Å². The van der Waals surface area contributed by atoms with E-state index < -0.39 is 10.0 Å². The number of halogens is 1. The van der Waals surface area contributed by atoms with Gasteiger partial charge in [-0.2, -0.15) is 0 Å². The van der Waals surface area contributed by atoms with Gasteiger partial charge in [-0.05, 0) is 52.2 Å². The van der Waals surface area contributed by atoms with E-state index in [0.29, 0.717) is 19.6 Å². The van der Waals surface area contributed by atoms with Gasteiger partial charge in [0.05, 0.1) is 12.3 Å². The molecule has 9 heteroatoms. The Labute approximate surface area is 192 Å². The molecule has 2 rings (SSSR count). The highest BCUT2D eigenvalue weighted by atomic mass is 127. The van der Waals surface area contributed by atoms with Gasteiger partial charge in [0.1, 0.15) is 11.9 Å². The van der Waals surface area contributed by atoms with Crippen LogP contribution in [0.15, 0.2) is 29.3 Å². The number of aryl methyl sites for hydroxylation is 1. The van der Waals surface area contributed by atoms with E-state index in [1.165, 1.54) is 0 Å². The van der Waals surface area contributed by atoms with Gasteiger partial charge in [-0.25, -0.2) is 17.7 Å². The number of sulfonamides is 1. The number of piperidine rings is 1. The van der Waals surface area contributed by atoms with Gasteiger partial charge >= 0.3 is 0 Å². The highest BCUT2D eigenvalue weighted by Crippen LogP contribution is 2.18. The molecule has 0 spiro atoms. The third kappa shape index (κ3) is 8.29. The molecule has 1 aliphatic rings. The summed E-state index contributed by atoms with van der Waals surface area (Å²) in [5.41, 5.74) is 1.11. The zero-order chi connectivity index (χ0) is 20.6. The molecule has 166 valence electrons. The van der Waals surface area contributed by atoms with Crippen molar-refractivity contribution in [1.82, 2.24) is 14.9 Å². The fourth-order valence-electron chi connectivity index (χ4n) is 3.14. The Morgan fingerprint density at radius 3 is 2.52 bits per heavy atom. The lowest BCUT2D eigenvalue weighted by Gasteiger charge is -2.32. The number of para-hydroxylation sites is 1. The highest BCUT2D eigenvalue weighted by Gasteiger charge is 2.27. The molecule has 0 saturated carbocycles. The van der Waals surface area contributed by atoms with Crippen molar-refractivity contribution in [3.8, 4) is 5.75 Å². The second kappa shape index (κ2) is 12.6. The molecule has 1 aliphatic heterocycles. The van der Waals surface area contributed by atoms with Gasteiger partial charge < -0.3 is 15.4 Å². The second-order valence-electron chi connectivity index (χ2n) is 7.13. The first-order valence-electron chi connectivity index (χ1n) is 10.1. The Bertz CT molecular complexity index is 750. The van der Waals surface area contributed by atoms with Crippen LogP contribution in [0.25, 0.3) is 0 Å². The van der Waals surface area contributed by atoms with Crippen molar-refractivity contribution in [1.29, 1.82) is 0 Å². The number of guanidine groups is 1. The lowest BCUT2D eigenvalue weighted by atomic mass is 10.1. The van der Waals surface area contributed by atoms with Gasteiger partial charge in [-0.15, -0.1) is 24.0 Å². The zero-order valence-corrected chi connectivity index (χ0v) is 21.0. The summed E-state index contributed by atoms with van der Waals surface area (Å²) in [4.78, 5) is 4.65. The summed E-state index contributed by atoms with van der Waals surface area (Å²) in [7, 11) is -3.09. The summed E-state index contributed by atoms with van der Waals surface area (Å²) in [6.45, 7) is 10.2. The number of rotatable bonds is 8. The van der Waals surface area contributed by atoms with E-state index in [1.807, 2.05) is 45.0 Å². The Morgan fingerprint density at radius 2 is 1.93 bits per heavy atom. The first-order chi connectivity index (χ1) is 13.4. The normalized spacial score (nSPS) is 17.3. The number of hydrogen-bond donors (Lipinski definition) is 2. The molecule has 1 saturated heterocycles. The first kappa shape index (κ1) is 26.0. The van der Waals surface area contributed by atoms with Gasteiger partial charge in [0.25, 0.3) is 0 Å². The molecule has 0 aliphatic carbocycles. The molecule has 0 radical (unpaired) electrons. The van der Waals surface area contributed by atoms with E-state index in [0.717, 1.165) is 36.7 Å². The number of nitrogens with zero attached hydrogens (tertiary/aromatic N) is 2. The van der Waals surface area contributed by atoms with Crippen LogP contribution in [0.3, 0.4) is 0 Å². The Balaban J connectivity index is 0.00000420. The molecule has 1 atom stereocenters. The minimum absolute atomic E-state index is 0. The van der Waals surface area contributed by atoms with Gasteiger partial charge in [0.15, 0.2) is 5.96 Å². The van der Waals surface area contributed by atoms with Crippen molar-refractivity contribution in [3.63, 3.8) is 0 Å². The minimum Gasteiger partial charge on any atom is -0.489 e. The molecule has 1 aromatic rings. The maximum atomic E-state index is 12.0. The molecular weight excluding hydrogens is 503 g/mol. The number of ether oxygens (including phenoxy) is 1. The summed E-state index contributed by atoms with van der Waals surface area (Å²) in [5, 5.41) is 6.70. The van der Waals surface area contributed by atoms with Gasteiger partial charge in [0.2, 0.25) is 10.0 Å². The topological polar surface area (TPSA) is 83.0 Å². The van der Waals surface area contributed by atoms with Crippen molar-refractivity contribution in [2.75, 3.05) is 31.9 Å². The summed E-state index contributed by atoms with van der Waals surface area (Å²) >= 11 is 0. The van der Waals surface area contributed by atoms with Crippen molar-refractivity contribution in [2.24, 2.45) is 4.99 Å². The predicted molar refractivity (Wildman–Crippen MR) is 130 cm³/mol. The lowest BCUT2D eigenvalue weighted by molar-refractivity contribution is 0.228. The van der Waals surface area contributed by atoms with Crippen LogP contribution in [-0.2, 0) is 10.0 Å². The van der Waals surface area contributed by atoms with E-state index >= 15 is 0 Å². The molecular formula is C20H35IN4O3S. The highest BCUT2D eigenvalue weighted by molar-refractivity contribution is 14.0. The van der Waals surface area contributed by atoms with Crippen LogP contribution >= 0.6 is 24.0 Å². The molecule has 0 amide bonds. The molecule has 1 unspecified atom stereocenters. The van der Waals surface area contributed by atoms with Crippen molar-refractivity contribution < 1.29 is 13.2 Å². The van der Waals surface area contributed by atoms with Gasteiger partial charge in [0, 0.05) is 25.7 Å². The van der Waals surface area contributed by atoms with Gasteiger partial charge in [-0.1, -0.05) is 18.2 Å². The Hall–Kier alpha value is -1.07. The van der Waals surface area contributed by atoms with E-state index in [9.17, 15) is 8.42 Å². The molecule has 1 heterocycles. The minimum atomic E-state index is -3.09. The zero-order valence-electron chi connectivity index (χ0n) is 17.8. The quantitative estimate of drug-likeness (QED) is 0.302. The number of benzene rings is 1. The third-order valence-corrected chi connectivity index (χ3v) is 6.71. The van der Waals surface area contributed by atoms with E-state index in [2.05, 4.69) is 15.6 Å². The van der Waals surface area contributed by atoms with Crippen LogP contribution in [0.1, 0.15) is 39.2 Å². The molecule has 7 nitrogen and oxygen atoms in total. The standard InChI is InChI=1S/C20H34N4O3S.HI/c1-5-21-20(22-15-17(4)27-19-10-8-7-9-16(19)3)23-18-11-13-24(14-12-18)28(25,26)6-2;/h7-10,17-18H,5-6,11-15H2,1-4H3,(H2,21,22,23);1H. The number of nitrogens with one attached hydrogen (secondary N) is 2. The molecule has 1 aromatic carbocycles. The van der Waals surface area contributed by atoms with Crippen LogP contribution in [0, 0.1) is 6.92 Å². The molecule has 0 bridgehead atoms. The van der Waals surface area contributed by atoms with E-state index in [-0.39, 0.29) is 41.9 Å². The smallest absolute Gasteiger partial charge is 0.213 e. The SMILES string of the molecule is CCNC(=NCC(C)Oc1ccccc1C)NC1CCN(S(=O)(=O)CC)CC1.I.